The third-order valence-corrected chi connectivity index (χ3v) is 1.87. The summed E-state index contributed by atoms with van der Waals surface area (Å²) >= 11 is 4.22. The zero-order valence-corrected chi connectivity index (χ0v) is 5.82. The number of hydrogen-bond donors (Lipinski definition) is 2. The fourth-order valence-electron chi connectivity index (χ4n) is 0.196. The predicted molar refractivity (Wildman–Crippen MR) is 33.8 cm³/mol. The second-order valence-corrected chi connectivity index (χ2v) is 4.83. The van der Waals surface area contributed by atoms with Crippen molar-refractivity contribution >= 4 is 18.3 Å². The van der Waals surface area contributed by atoms with Crippen molar-refractivity contribution in [2.45, 2.75) is 6.42 Å². The third-order valence-electron chi connectivity index (χ3n) is 0.515. The van der Waals surface area contributed by atoms with Crippen molar-refractivity contribution in [3.63, 3.8) is 0 Å². The highest BCUT2D eigenvalue weighted by atomic mass is 32.5. The van der Waals surface area contributed by atoms with Crippen LogP contribution >= 0.6 is 6.49 Å². The monoisotopic (exact) mass is 151 g/mol. The van der Waals surface area contributed by atoms with Crippen LogP contribution in [0.25, 0.3) is 0 Å². The van der Waals surface area contributed by atoms with Crippen molar-refractivity contribution in [3.05, 3.63) is 0 Å². The Bertz CT molecular complexity index is 146. The Morgan fingerprint density at radius 3 is 2.25 bits per heavy atom. The highest BCUT2D eigenvalue weighted by Gasteiger charge is 2.04. The Kier molecular flexibility index (Phi) is 3.18. The van der Waals surface area contributed by atoms with E-state index in [0.29, 0.717) is 0 Å². The van der Waals surface area contributed by atoms with Crippen molar-refractivity contribution in [2.75, 3.05) is 6.16 Å². The van der Waals surface area contributed by atoms with Gasteiger partial charge < -0.3 is 9.79 Å². The van der Waals surface area contributed by atoms with Gasteiger partial charge in [0.15, 0.2) is 6.49 Å². The van der Waals surface area contributed by atoms with Gasteiger partial charge in [0.1, 0.15) is 0 Å². The lowest BCUT2D eigenvalue weighted by Crippen LogP contribution is -1.83. The van der Waals surface area contributed by atoms with E-state index in [2.05, 4.69) is 11.8 Å². The van der Waals surface area contributed by atoms with E-state index in [4.69, 9.17) is 15.0 Å². The van der Waals surface area contributed by atoms with Crippen molar-refractivity contribution in [1.29, 1.82) is 5.26 Å². The number of hydrogen-bond acceptors (Lipinski definition) is 2. The first-order valence-electron chi connectivity index (χ1n) is 1.98. The van der Waals surface area contributed by atoms with Gasteiger partial charge in [0.2, 0.25) is 0 Å². The van der Waals surface area contributed by atoms with Crippen LogP contribution < -0.4 is 0 Å². The van der Waals surface area contributed by atoms with Gasteiger partial charge in [-0.15, -0.1) is 0 Å². The van der Waals surface area contributed by atoms with Crippen LogP contribution in [-0.4, -0.2) is 15.9 Å². The Hall–Kier alpha value is 0.0600. The molecule has 0 heterocycles. The molecule has 0 unspecified atom stereocenters. The van der Waals surface area contributed by atoms with Crippen molar-refractivity contribution in [1.82, 2.24) is 0 Å². The molecule has 8 heavy (non-hydrogen) atoms. The Morgan fingerprint density at radius 1 is 1.62 bits per heavy atom. The molecule has 46 valence electrons. The summed E-state index contributed by atoms with van der Waals surface area (Å²) in [5.41, 5.74) is 0. The number of nitrogens with zero attached hydrogens (tertiary/aromatic N) is 1. The van der Waals surface area contributed by atoms with E-state index >= 15 is 0 Å². The van der Waals surface area contributed by atoms with Crippen LogP contribution in [0.4, 0.5) is 0 Å². The first-order chi connectivity index (χ1) is 3.56. The molecule has 0 fully saturated rings. The minimum Gasteiger partial charge on any atom is -0.345 e. The van der Waals surface area contributed by atoms with Gasteiger partial charge in [-0.2, -0.15) is 5.26 Å². The van der Waals surface area contributed by atoms with Crippen LogP contribution in [0.2, 0.25) is 0 Å². The second kappa shape index (κ2) is 3.16. The molecule has 5 heteroatoms. The summed E-state index contributed by atoms with van der Waals surface area (Å²) in [5.74, 6) is 0. The maximum absolute atomic E-state index is 8.48. The molecule has 0 radical (unpaired) electrons. The molecule has 0 rings (SSSR count). The van der Waals surface area contributed by atoms with Crippen molar-refractivity contribution < 1.29 is 9.79 Å². The molecule has 0 aromatic rings. The minimum atomic E-state index is -3.07. The van der Waals surface area contributed by atoms with E-state index in [0.717, 1.165) is 0 Å². The first kappa shape index (κ1) is 8.06. The molecule has 0 aromatic heterocycles. The summed E-state index contributed by atoms with van der Waals surface area (Å²) in [6.45, 7) is -3.07. The standard InChI is InChI=1S/C3H6NO2PS/c4-2-1-3-7(5,6)8/h1,3H2,(H2,5,6,8). The van der Waals surface area contributed by atoms with Gasteiger partial charge >= 0.3 is 0 Å². The molecule has 0 aliphatic heterocycles. The smallest absolute Gasteiger partial charge is 0.184 e. The molecule has 3 nitrogen and oxygen atoms in total. The molecular formula is C3H6NO2PS. The molecule has 0 aromatic carbocycles. The molecule has 0 spiro atoms. The molecular weight excluding hydrogens is 145 g/mol. The summed E-state index contributed by atoms with van der Waals surface area (Å²) < 4.78 is 0. The highest BCUT2D eigenvalue weighted by Crippen LogP contribution is 2.34. The van der Waals surface area contributed by atoms with E-state index in [-0.39, 0.29) is 12.6 Å². The molecule has 0 saturated heterocycles. The molecule has 2 N–H and O–H groups in total. The zero-order chi connectivity index (χ0) is 6.62. The van der Waals surface area contributed by atoms with Gasteiger partial charge in [-0.05, 0) is 11.8 Å². The molecule has 0 atom stereocenters. The quantitative estimate of drug-likeness (QED) is 0.553. The third kappa shape index (κ3) is 6.06. The van der Waals surface area contributed by atoms with Crippen LogP contribution in [0.1, 0.15) is 6.42 Å². The summed E-state index contributed by atoms with van der Waals surface area (Å²) in [7, 11) is 0. The fraction of sp³-hybridized carbons (Fsp3) is 0.667. The second-order valence-electron chi connectivity index (χ2n) is 1.30. The Balaban J connectivity index is 3.45. The first-order valence-corrected chi connectivity index (χ1v) is 4.87. The molecule has 0 amide bonds. The number of rotatable bonds is 2. The van der Waals surface area contributed by atoms with E-state index in [1.54, 1.807) is 6.07 Å². The maximum Gasteiger partial charge on any atom is 0.184 e. The SMILES string of the molecule is N#CCCP(O)(O)=S. The fourth-order valence-corrected chi connectivity index (χ4v) is 0.861. The van der Waals surface area contributed by atoms with Gasteiger partial charge in [0.25, 0.3) is 0 Å². The van der Waals surface area contributed by atoms with Gasteiger partial charge in [-0.3, -0.25) is 0 Å². The van der Waals surface area contributed by atoms with Crippen LogP contribution in [0.5, 0.6) is 0 Å². The van der Waals surface area contributed by atoms with Crippen LogP contribution in [-0.2, 0) is 11.8 Å². The molecule has 0 aliphatic carbocycles. The average Bonchev–Trinajstić information content (AvgIpc) is 1.59. The van der Waals surface area contributed by atoms with Gasteiger partial charge in [-0.25, -0.2) is 0 Å². The largest absolute Gasteiger partial charge is 0.345 e. The predicted octanol–water partition coefficient (Wildman–Crippen LogP) is 0.194. The van der Waals surface area contributed by atoms with E-state index in [9.17, 15) is 0 Å². The van der Waals surface area contributed by atoms with E-state index in [1.807, 2.05) is 0 Å². The highest BCUT2D eigenvalue weighted by molar-refractivity contribution is 8.09. The summed E-state index contributed by atoms with van der Waals surface area (Å²) in [6.07, 6.45) is 0.170. The van der Waals surface area contributed by atoms with Crippen LogP contribution in [0.3, 0.4) is 0 Å². The summed E-state index contributed by atoms with van der Waals surface area (Å²) in [5, 5.41) is 7.93. The molecule has 0 saturated carbocycles. The molecule has 0 aliphatic rings. The van der Waals surface area contributed by atoms with Gasteiger partial charge in [0, 0.05) is 12.6 Å². The minimum absolute atomic E-state index is 0.0405. The van der Waals surface area contributed by atoms with Crippen molar-refractivity contribution in [2.24, 2.45) is 0 Å². The summed E-state index contributed by atoms with van der Waals surface area (Å²) in [6, 6.07) is 1.77. The Morgan fingerprint density at radius 2 is 2.12 bits per heavy atom. The lowest BCUT2D eigenvalue weighted by atomic mass is 10.6. The topological polar surface area (TPSA) is 64.2 Å². The summed E-state index contributed by atoms with van der Waals surface area (Å²) in [4.78, 5) is 17.0. The normalized spacial score (nSPS) is 10.6. The maximum atomic E-state index is 8.48. The van der Waals surface area contributed by atoms with Gasteiger partial charge in [-0.1, -0.05) is 0 Å². The van der Waals surface area contributed by atoms with Crippen molar-refractivity contribution in [3.8, 4) is 6.07 Å². The van der Waals surface area contributed by atoms with E-state index < -0.39 is 6.49 Å². The molecule has 0 bridgehead atoms. The lowest BCUT2D eigenvalue weighted by molar-refractivity contribution is 0.479. The van der Waals surface area contributed by atoms with Crippen LogP contribution in [0.15, 0.2) is 0 Å². The average molecular weight is 151 g/mol. The van der Waals surface area contributed by atoms with Gasteiger partial charge in [0.05, 0.1) is 6.07 Å². The van der Waals surface area contributed by atoms with E-state index in [1.165, 1.54) is 0 Å². The zero-order valence-electron chi connectivity index (χ0n) is 4.11. The lowest BCUT2D eigenvalue weighted by Gasteiger charge is -2.00. The Labute approximate surface area is 52.7 Å². The van der Waals surface area contributed by atoms with Crippen LogP contribution in [0, 0.1) is 11.3 Å². The number of nitriles is 1.